The Balaban J connectivity index is 1.86. The van der Waals surface area contributed by atoms with Crippen LogP contribution in [0.2, 0.25) is 5.02 Å². The Hall–Kier alpha value is -2.36. The standard InChI is InChI=1S/C23H23ClN2O/c1-16(18-5-3-17(15-27)4-6-18)14-26-22-8-7-19(24)13-21(22)20-9-11-25(2)12-10-23(20)26/h3-8,13-15H,9-12H2,1-2H3/b16-14+. The third-order valence-corrected chi connectivity index (χ3v) is 5.72. The van der Waals surface area contributed by atoms with Crippen LogP contribution >= 0.6 is 11.6 Å². The minimum Gasteiger partial charge on any atom is -0.320 e. The zero-order valence-corrected chi connectivity index (χ0v) is 16.5. The van der Waals surface area contributed by atoms with Gasteiger partial charge < -0.3 is 9.47 Å². The summed E-state index contributed by atoms with van der Waals surface area (Å²) in [7, 11) is 2.18. The first kappa shape index (κ1) is 18.0. The number of rotatable bonds is 3. The van der Waals surface area contributed by atoms with Gasteiger partial charge in [0.15, 0.2) is 0 Å². The topological polar surface area (TPSA) is 25.2 Å². The summed E-state index contributed by atoms with van der Waals surface area (Å²) in [6.07, 6.45) is 5.15. The molecule has 0 N–H and O–H groups in total. The third-order valence-electron chi connectivity index (χ3n) is 5.48. The molecule has 1 aromatic heterocycles. The van der Waals surface area contributed by atoms with Gasteiger partial charge in [0, 0.05) is 47.4 Å². The van der Waals surface area contributed by atoms with Gasteiger partial charge in [-0.3, -0.25) is 4.79 Å². The van der Waals surface area contributed by atoms with Crippen molar-refractivity contribution >= 4 is 40.6 Å². The third kappa shape index (κ3) is 3.45. The molecule has 1 aliphatic heterocycles. The van der Waals surface area contributed by atoms with Gasteiger partial charge >= 0.3 is 0 Å². The summed E-state index contributed by atoms with van der Waals surface area (Å²) in [5.74, 6) is 0. The molecule has 0 bridgehead atoms. The highest BCUT2D eigenvalue weighted by atomic mass is 35.5. The Morgan fingerprint density at radius 3 is 2.56 bits per heavy atom. The quantitative estimate of drug-likeness (QED) is 0.588. The van der Waals surface area contributed by atoms with Crippen LogP contribution in [0.3, 0.4) is 0 Å². The maximum absolute atomic E-state index is 10.9. The lowest BCUT2D eigenvalue weighted by Gasteiger charge is -2.13. The molecule has 0 unspecified atom stereocenters. The van der Waals surface area contributed by atoms with E-state index < -0.39 is 0 Å². The molecule has 0 fully saturated rings. The Kier molecular flexibility index (Phi) is 4.90. The number of carbonyl (C=O) groups excluding carboxylic acids is 1. The van der Waals surface area contributed by atoms with Crippen molar-refractivity contribution in [2.75, 3.05) is 20.1 Å². The van der Waals surface area contributed by atoms with E-state index in [4.69, 9.17) is 11.6 Å². The maximum Gasteiger partial charge on any atom is 0.150 e. The van der Waals surface area contributed by atoms with Crippen molar-refractivity contribution in [1.29, 1.82) is 0 Å². The molecule has 0 spiro atoms. The fourth-order valence-electron chi connectivity index (χ4n) is 3.91. The minimum absolute atomic E-state index is 0.699. The number of halogens is 1. The number of benzene rings is 2. The molecule has 0 aliphatic carbocycles. The molecule has 3 nitrogen and oxygen atoms in total. The summed E-state index contributed by atoms with van der Waals surface area (Å²) < 4.78 is 2.34. The smallest absolute Gasteiger partial charge is 0.150 e. The highest BCUT2D eigenvalue weighted by molar-refractivity contribution is 6.31. The molecule has 2 heterocycles. The largest absolute Gasteiger partial charge is 0.320 e. The van der Waals surface area contributed by atoms with Gasteiger partial charge in [0.05, 0.1) is 5.52 Å². The number of allylic oxidation sites excluding steroid dienone is 1. The number of carbonyl (C=O) groups is 1. The highest BCUT2D eigenvalue weighted by Gasteiger charge is 2.20. The number of aromatic nitrogens is 1. The van der Waals surface area contributed by atoms with Crippen LogP contribution in [0.1, 0.15) is 34.1 Å². The highest BCUT2D eigenvalue weighted by Crippen LogP contribution is 2.32. The monoisotopic (exact) mass is 378 g/mol. The molecule has 0 atom stereocenters. The summed E-state index contributed by atoms with van der Waals surface area (Å²) in [5.41, 5.74) is 6.98. The molecule has 4 rings (SSSR count). The Labute approximate surface area is 164 Å². The van der Waals surface area contributed by atoms with Crippen molar-refractivity contribution in [3.63, 3.8) is 0 Å². The summed E-state index contributed by atoms with van der Waals surface area (Å²) >= 11 is 6.31. The second-order valence-corrected chi connectivity index (χ2v) is 7.75. The van der Waals surface area contributed by atoms with Gasteiger partial charge in [-0.05, 0) is 55.3 Å². The van der Waals surface area contributed by atoms with Crippen LogP contribution in [0, 0.1) is 0 Å². The van der Waals surface area contributed by atoms with Gasteiger partial charge in [-0.1, -0.05) is 35.9 Å². The van der Waals surface area contributed by atoms with Crippen molar-refractivity contribution in [2.45, 2.75) is 19.8 Å². The van der Waals surface area contributed by atoms with Crippen molar-refractivity contribution in [1.82, 2.24) is 9.47 Å². The molecule has 3 aromatic rings. The van der Waals surface area contributed by atoms with E-state index >= 15 is 0 Å². The summed E-state index contributed by atoms with van der Waals surface area (Å²) in [5, 5.41) is 2.04. The zero-order valence-electron chi connectivity index (χ0n) is 15.7. The molecule has 4 heteroatoms. The second kappa shape index (κ2) is 7.34. The van der Waals surface area contributed by atoms with Crippen molar-refractivity contribution in [2.24, 2.45) is 0 Å². The lowest BCUT2D eigenvalue weighted by atomic mass is 10.1. The van der Waals surface area contributed by atoms with E-state index in [9.17, 15) is 4.79 Å². The van der Waals surface area contributed by atoms with Crippen molar-refractivity contribution in [3.05, 3.63) is 69.9 Å². The molecule has 0 amide bonds. The number of fused-ring (bicyclic) bond motifs is 3. The van der Waals surface area contributed by atoms with Gasteiger partial charge in [-0.25, -0.2) is 0 Å². The SMILES string of the molecule is C/C(=C\n1c2c(c3cc(Cl)ccc31)CCN(C)CC2)c1ccc(C=O)cc1. The van der Waals surface area contributed by atoms with Gasteiger partial charge in [-0.15, -0.1) is 0 Å². The first-order chi connectivity index (χ1) is 13.1. The molecule has 2 aromatic carbocycles. The predicted molar refractivity (Wildman–Crippen MR) is 114 cm³/mol. The van der Waals surface area contributed by atoms with Gasteiger partial charge in [0.25, 0.3) is 0 Å². The van der Waals surface area contributed by atoms with E-state index in [0.717, 1.165) is 42.8 Å². The van der Waals surface area contributed by atoms with Crippen molar-refractivity contribution in [3.8, 4) is 0 Å². The van der Waals surface area contributed by atoms with E-state index in [1.54, 1.807) is 0 Å². The lowest BCUT2D eigenvalue weighted by Crippen LogP contribution is -2.21. The van der Waals surface area contributed by atoms with Crippen LogP contribution < -0.4 is 0 Å². The maximum atomic E-state index is 10.9. The number of nitrogens with zero attached hydrogens (tertiary/aromatic N) is 2. The van der Waals surface area contributed by atoms with Gasteiger partial charge in [0.1, 0.15) is 6.29 Å². The van der Waals surface area contributed by atoms with Crippen LogP contribution in [0.4, 0.5) is 0 Å². The first-order valence-electron chi connectivity index (χ1n) is 9.30. The zero-order chi connectivity index (χ0) is 19.0. The molecule has 0 radical (unpaired) electrons. The van der Waals surface area contributed by atoms with E-state index in [1.807, 2.05) is 30.3 Å². The van der Waals surface area contributed by atoms with Crippen LogP contribution in [-0.2, 0) is 12.8 Å². The average Bonchev–Trinajstić information content (AvgIpc) is 2.82. The summed E-state index contributed by atoms with van der Waals surface area (Å²) in [4.78, 5) is 13.3. The van der Waals surface area contributed by atoms with E-state index in [1.165, 1.54) is 27.7 Å². The molecule has 1 aliphatic rings. The van der Waals surface area contributed by atoms with E-state index in [2.05, 4.69) is 41.8 Å². The van der Waals surface area contributed by atoms with Crippen LogP contribution in [0.25, 0.3) is 22.7 Å². The van der Waals surface area contributed by atoms with E-state index in [-0.39, 0.29) is 0 Å². The van der Waals surface area contributed by atoms with E-state index in [0.29, 0.717) is 5.56 Å². The van der Waals surface area contributed by atoms with Gasteiger partial charge in [0.2, 0.25) is 0 Å². The van der Waals surface area contributed by atoms with Crippen molar-refractivity contribution < 1.29 is 4.79 Å². The second-order valence-electron chi connectivity index (χ2n) is 7.31. The molecule has 0 saturated carbocycles. The van der Waals surface area contributed by atoms with Gasteiger partial charge in [-0.2, -0.15) is 0 Å². The molecule has 0 saturated heterocycles. The molecular formula is C23H23ClN2O. The normalized spacial score (nSPS) is 15.6. The first-order valence-corrected chi connectivity index (χ1v) is 9.68. The average molecular weight is 379 g/mol. The fourth-order valence-corrected chi connectivity index (χ4v) is 4.08. The summed E-state index contributed by atoms with van der Waals surface area (Å²) in [6.45, 7) is 4.24. The van der Waals surface area contributed by atoms with Crippen LogP contribution in [0.15, 0.2) is 42.5 Å². The number of hydrogen-bond acceptors (Lipinski definition) is 2. The molecule has 27 heavy (non-hydrogen) atoms. The van der Waals surface area contributed by atoms with Crippen LogP contribution in [0.5, 0.6) is 0 Å². The number of hydrogen-bond donors (Lipinski definition) is 0. The Morgan fingerprint density at radius 2 is 1.81 bits per heavy atom. The fraction of sp³-hybridized carbons (Fsp3) is 0.261. The number of likely N-dealkylation sites (N-methyl/N-ethyl adjacent to an activating group) is 1. The Morgan fingerprint density at radius 1 is 1.07 bits per heavy atom. The molecule has 138 valence electrons. The summed E-state index contributed by atoms with van der Waals surface area (Å²) in [6, 6.07) is 13.9. The predicted octanol–water partition coefficient (Wildman–Crippen LogP) is 5.16. The number of aldehydes is 1. The Bertz CT molecular complexity index is 1030. The minimum atomic E-state index is 0.699. The molecular weight excluding hydrogens is 356 g/mol. The van der Waals surface area contributed by atoms with Crippen LogP contribution in [-0.4, -0.2) is 35.9 Å². The lowest BCUT2D eigenvalue weighted by molar-refractivity contribution is 0.112.